The number of esters is 1. The molecular formula is C18H17NO4. The molecule has 0 saturated heterocycles. The molecular weight excluding hydrogens is 294 g/mol. The van der Waals surface area contributed by atoms with E-state index in [1.165, 1.54) is 0 Å². The van der Waals surface area contributed by atoms with E-state index in [-0.39, 0.29) is 0 Å². The van der Waals surface area contributed by atoms with Gasteiger partial charge in [-0.2, -0.15) is 0 Å². The molecule has 0 N–H and O–H groups in total. The Balaban J connectivity index is 1.67. The summed E-state index contributed by atoms with van der Waals surface area (Å²) in [6.45, 7) is 2.56. The molecule has 0 saturated carbocycles. The maximum atomic E-state index is 11.9. The molecule has 5 heteroatoms. The molecule has 0 aliphatic carbocycles. The quantitative estimate of drug-likeness (QED) is 0.604. The summed E-state index contributed by atoms with van der Waals surface area (Å²) in [6, 6.07) is 11.2. The number of carbonyl (C=O) groups is 1. The number of hydrogen-bond donors (Lipinski definition) is 0. The van der Waals surface area contributed by atoms with Crippen LogP contribution in [-0.2, 0) is 16.0 Å². The van der Waals surface area contributed by atoms with Crippen LogP contribution < -0.4 is 4.74 Å². The fourth-order valence-corrected chi connectivity index (χ4v) is 2.23. The molecule has 2 heterocycles. The summed E-state index contributed by atoms with van der Waals surface area (Å²) in [5.74, 6) is 1.64. The van der Waals surface area contributed by atoms with Crippen LogP contribution in [0.15, 0.2) is 57.8 Å². The molecule has 23 heavy (non-hydrogen) atoms. The summed E-state index contributed by atoms with van der Waals surface area (Å²) in [5, 5.41) is 0. The third-order valence-corrected chi connectivity index (χ3v) is 3.32. The number of nitrogens with zero attached hydrogens (tertiary/aromatic N) is 1. The van der Waals surface area contributed by atoms with E-state index in [4.69, 9.17) is 13.9 Å². The maximum absolute atomic E-state index is 11.9. The normalized spacial score (nSPS) is 15.6. The molecule has 0 bridgehead atoms. The van der Waals surface area contributed by atoms with Crippen molar-refractivity contribution in [3.63, 3.8) is 0 Å². The van der Waals surface area contributed by atoms with Crippen molar-refractivity contribution in [1.82, 2.24) is 0 Å². The van der Waals surface area contributed by atoms with Crippen LogP contribution in [0.25, 0.3) is 6.08 Å². The highest BCUT2D eigenvalue weighted by atomic mass is 16.6. The van der Waals surface area contributed by atoms with Gasteiger partial charge in [-0.15, -0.1) is 0 Å². The monoisotopic (exact) mass is 311 g/mol. The minimum absolute atomic E-state index is 0.309. The summed E-state index contributed by atoms with van der Waals surface area (Å²) < 4.78 is 15.8. The van der Waals surface area contributed by atoms with E-state index >= 15 is 0 Å². The van der Waals surface area contributed by atoms with Crippen LogP contribution in [0.5, 0.6) is 5.75 Å². The average molecular weight is 311 g/mol. The second-order valence-electron chi connectivity index (χ2n) is 5.01. The minimum Gasteiger partial charge on any atom is -0.494 e. The zero-order valence-corrected chi connectivity index (χ0v) is 12.8. The van der Waals surface area contributed by atoms with Crippen molar-refractivity contribution < 1.29 is 18.7 Å². The Bertz CT molecular complexity index is 727. The van der Waals surface area contributed by atoms with Crippen LogP contribution in [0.1, 0.15) is 24.7 Å². The highest BCUT2D eigenvalue weighted by Crippen LogP contribution is 2.19. The molecule has 3 rings (SSSR count). The second-order valence-corrected chi connectivity index (χ2v) is 5.01. The molecule has 0 fully saturated rings. The van der Waals surface area contributed by atoms with Crippen LogP contribution in [0.3, 0.4) is 0 Å². The first kappa shape index (κ1) is 15.1. The SMILES string of the molecule is CCOc1ccc(/C=C2/N=C(CCc3ccco3)OC2=O)cc1. The summed E-state index contributed by atoms with van der Waals surface area (Å²) in [5.41, 5.74) is 1.18. The summed E-state index contributed by atoms with van der Waals surface area (Å²) >= 11 is 0. The van der Waals surface area contributed by atoms with E-state index in [1.54, 1.807) is 12.3 Å². The van der Waals surface area contributed by atoms with Crippen LogP contribution in [0.2, 0.25) is 0 Å². The zero-order valence-electron chi connectivity index (χ0n) is 12.8. The first-order valence-corrected chi connectivity index (χ1v) is 7.51. The predicted molar refractivity (Wildman–Crippen MR) is 86.1 cm³/mol. The lowest BCUT2D eigenvalue weighted by Crippen LogP contribution is -2.04. The van der Waals surface area contributed by atoms with E-state index in [0.29, 0.717) is 31.0 Å². The van der Waals surface area contributed by atoms with Gasteiger partial charge in [0.05, 0.1) is 12.9 Å². The maximum Gasteiger partial charge on any atom is 0.363 e. The van der Waals surface area contributed by atoms with Gasteiger partial charge in [0.25, 0.3) is 0 Å². The summed E-state index contributed by atoms with van der Waals surface area (Å²) in [7, 11) is 0. The fraction of sp³-hybridized carbons (Fsp3) is 0.222. The van der Waals surface area contributed by atoms with E-state index < -0.39 is 5.97 Å². The Labute approximate surface area is 134 Å². The Morgan fingerprint density at radius 2 is 2.00 bits per heavy atom. The van der Waals surface area contributed by atoms with Crippen molar-refractivity contribution in [3.8, 4) is 5.75 Å². The first-order chi connectivity index (χ1) is 11.2. The first-order valence-electron chi connectivity index (χ1n) is 7.51. The Kier molecular flexibility index (Phi) is 4.57. The molecule has 0 unspecified atom stereocenters. The molecule has 0 spiro atoms. The highest BCUT2D eigenvalue weighted by Gasteiger charge is 2.22. The van der Waals surface area contributed by atoms with Gasteiger partial charge >= 0.3 is 5.97 Å². The largest absolute Gasteiger partial charge is 0.494 e. The lowest BCUT2D eigenvalue weighted by molar-refractivity contribution is -0.130. The van der Waals surface area contributed by atoms with Crippen molar-refractivity contribution in [2.75, 3.05) is 6.61 Å². The Morgan fingerprint density at radius 1 is 1.17 bits per heavy atom. The standard InChI is InChI=1S/C18H17NO4/c1-2-21-15-7-5-13(6-8-15)12-16-18(20)23-17(19-16)10-9-14-4-3-11-22-14/h3-8,11-12H,2,9-10H2,1H3/b16-12+. The van der Waals surface area contributed by atoms with Crippen LogP contribution in [0.4, 0.5) is 0 Å². The molecule has 0 amide bonds. The second kappa shape index (κ2) is 6.96. The third kappa shape index (κ3) is 3.88. The Hall–Kier alpha value is -2.82. The van der Waals surface area contributed by atoms with Crippen LogP contribution in [0, 0.1) is 0 Å². The number of cyclic esters (lactones) is 1. The topological polar surface area (TPSA) is 61.0 Å². The van der Waals surface area contributed by atoms with E-state index in [9.17, 15) is 4.79 Å². The van der Waals surface area contributed by atoms with Crippen LogP contribution >= 0.6 is 0 Å². The summed E-state index contributed by atoms with van der Waals surface area (Å²) in [4.78, 5) is 16.1. The van der Waals surface area contributed by atoms with Gasteiger partial charge in [-0.1, -0.05) is 12.1 Å². The lowest BCUT2D eigenvalue weighted by atomic mass is 10.2. The molecule has 1 aromatic heterocycles. The average Bonchev–Trinajstić information content (AvgIpc) is 3.18. The molecule has 0 atom stereocenters. The van der Waals surface area contributed by atoms with E-state index in [1.807, 2.05) is 43.3 Å². The van der Waals surface area contributed by atoms with Crippen molar-refractivity contribution in [3.05, 3.63) is 59.7 Å². The van der Waals surface area contributed by atoms with Gasteiger partial charge < -0.3 is 13.9 Å². The zero-order chi connectivity index (χ0) is 16.1. The number of furan rings is 1. The number of ether oxygens (including phenoxy) is 2. The number of aryl methyl sites for hydroxylation is 1. The number of rotatable bonds is 6. The van der Waals surface area contributed by atoms with Crippen LogP contribution in [-0.4, -0.2) is 18.5 Å². The molecule has 5 nitrogen and oxygen atoms in total. The number of aliphatic imine (C=N–C) groups is 1. The Morgan fingerprint density at radius 3 is 2.70 bits per heavy atom. The minimum atomic E-state index is -0.423. The summed E-state index contributed by atoms with van der Waals surface area (Å²) in [6.07, 6.45) is 4.50. The number of hydrogen-bond acceptors (Lipinski definition) is 5. The smallest absolute Gasteiger partial charge is 0.363 e. The number of carbonyl (C=O) groups excluding carboxylic acids is 1. The van der Waals surface area contributed by atoms with Crippen molar-refractivity contribution >= 4 is 17.9 Å². The predicted octanol–water partition coefficient (Wildman–Crippen LogP) is 3.61. The molecule has 1 aliphatic heterocycles. The van der Waals surface area contributed by atoms with Gasteiger partial charge in [0.1, 0.15) is 11.5 Å². The molecule has 118 valence electrons. The van der Waals surface area contributed by atoms with E-state index in [2.05, 4.69) is 4.99 Å². The van der Waals surface area contributed by atoms with Crippen molar-refractivity contribution in [1.29, 1.82) is 0 Å². The molecule has 2 aromatic rings. The van der Waals surface area contributed by atoms with E-state index in [0.717, 1.165) is 17.1 Å². The molecule has 1 aliphatic rings. The number of benzene rings is 1. The van der Waals surface area contributed by atoms with Crippen molar-refractivity contribution in [2.24, 2.45) is 4.99 Å². The van der Waals surface area contributed by atoms with Gasteiger partial charge in [-0.3, -0.25) is 0 Å². The van der Waals surface area contributed by atoms with Gasteiger partial charge in [-0.25, -0.2) is 9.79 Å². The lowest BCUT2D eigenvalue weighted by Gasteiger charge is -2.02. The highest BCUT2D eigenvalue weighted by molar-refractivity contribution is 6.07. The van der Waals surface area contributed by atoms with Gasteiger partial charge in [0, 0.05) is 12.8 Å². The van der Waals surface area contributed by atoms with Gasteiger partial charge in [0.15, 0.2) is 11.6 Å². The van der Waals surface area contributed by atoms with Gasteiger partial charge in [0.2, 0.25) is 0 Å². The fourth-order valence-electron chi connectivity index (χ4n) is 2.23. The van der Waals surface area contributed by atoms with Crippen molar-refractivity contribution in [2.45, 2.75) is 19.8 Å². The molecule has 1 aromatic carbocycles. The molecule has 0 radical (unpaired) electrons. The van der Waals surface area contributed by atoms with Gasteiger partial charge in [-0.05, 0) is 42.8 Å². The third-order valence-electron chi connectivity index (χ3n) is 3.32.